The largest absolute Gasteiger partial charge is 0.396 e. The third kappa shape index (κ3) is 7.88. The summed E-state index contributed by atoms with van der Waals surface area (Å²) in [6, 6.07) is 0. The highest BCUT2D eigenvalue weighted by atomic mass is 16.6. The summed E-state index contributed by atoms with van der Waals surface area (Å²) in [6.07, 6.45) is 0.555. The Labute approximate surface area is 55.3 Å². The van der Waals surface area contributed by atoms with E-state index in [-0.39, 0.29) is 6.61 Å². The number of aliphatic hydroxyl groups excluding tert-OH is 1. The molecular weight excluding hydrogens is 120 g/mol. The lowest BCUT2D eigenvalue weighted by Crippen LogP contribution is -2.05. The first-order valence-electron chi connectivity index (χ1n) is 3.15. The molecule has 0 aliphatic carbocycles. The molecule has 3 nitrogen and oxygen atoms in total. The maximum absolute atomic E-state index is 10.2. The molecule has 3 heteroatoms. The molecule has 0 amide bonds. The van der Waals surface area contributed by atoms with Crippen LogP contribution in [0.1, 0.15) is 19.8 Å². The molecule has 1 N–H and O–H groups in total. The molecule has 1 unspecified atom stereocenters. The quantitative estimate of drug-likeness (QED) is 0.440. The predicted molar refractivity (Wildman–Crippen MR) is 32.4 cm³/mol. The van der Waals surface area contributed by atoms with E-state index in [9.17, 15) is 5.11 Å². The monoisotopic (exact) mass is 133 g/mol. The predicted octanol–water partition coefficient (Wildman–Crippen LogP) is 0.552. The molecule has 0 aliphatic heterocycles. The van der Waals surface area contributed by atoms with Crippen LogP contribution in [0.4, 0.5) is 0 Å². The highest BCUT2D eigenvalue weighted by molar-refractivity contribution is 4.35. The fourth-order valence-electron chi connectivity index (χ4n) is 0.463. The molecule has 55 valence electrons. The van der Waals surface area contributed by atoms with Gasteiger partial charge in [-0.25, -0.2) is 5.11 Å². The van der Waals surface area contributed by atoms with Gasteiger partial charge >= 0.3 is 0 Å². The second-order valence-corrected chi connectivity index (χ2v) is 1.87. The average Bonchev–Trinajstić information content (AvgIpc) is 1.80. The zero-order chi connectivity index (χ0) is 7.11. The normalized spacial score (nSPS) is 13.7. The molecule has 0 aliphatic rings. The SMILES string of the molecule is CC([O])OCCCCO. The maximum Gasteiger partial charge on any atom is 0.188 e. The van der Waals surface area contributed by atoms with E-state index in [0.717, 1.165) is 6.42 Å². The van der Waals surface area contributed by atoms with E-state index >= 15 is 0 Å². The highest BCUT2D eigenvalue weighted by Gasteiger charge is 1.94. The first-order valence-corrected chi connectivity index (χ1v) is 3.15. The van der Waals surface area contributed by atoms with Crippen LogP contribution in [0, 0.1) is 0 Å². The van der Waals surface area contributed by atoms with Crippen molar-refractivity contribution < 1.29 is 14.9 Å². The topological polar surface area (TPSA) is 49.4 Å². The summed E-state index contributed by atoms with van der Waals surface area (Å²) in [5.74, 6) is 0. The molecule has 9 heavy (non-hydrogen) atoms. The number of hydrogen-bond acceptors (Lipinski definition) is 2. The molecule has 0 spiro atoms. The van der Waals surface area contributed by atoms with E-state index in [1.165, 1.54) is 6.92 Å². The summed E-state index contributed by atoms with van der Waals surface area (Å²) in [5.41, 5.74) is 0. The van der Waals surface area contributed by atoms with Gasteiger partial charge in [0.2, 0.25) is 0 Å². The van der Waals surface area contributed by atoms with Gasteiger partial charge in [-0.1, -0.05) is 0 Å². The number of rotatable bonds is 5. The Balaban J connectivity index is 2.75. The van der Waals surface area contributed by atoms with Crippen LogP contribution >= 0.6 is 0 Å². The minimum atomic E-state index is -0.927. The van der Waals surface area contributed by atoms with Crippen LogP contribution in [0.15, 0.2) is 0 Å². The third-order valence-electron chi connectivity index (χ3n) is 0.905. The summed E-state index contributed by atoms with van der Waals surface area (Å²) in [6.45, 7) is 2.10. The highest BCUT2D eigenvalue weighted by Crippen LogP contribution is 1.91. The van der Waals surface area contributed by atoms with Gasteiger partial charge in [0, 0.05) is 13.2 Å². The van der Waals surface area contributed by atoms with Crippen molar-refractivity contribution >= 4 is 0 Å². The van der Waals surface area contributed by atoms with Gasteiger partial charge in [-0.3, -0.25) is 0 Å². The fourth-order valence-corrected chi connectivity index (χ4v) is 0.463. The number of unbranched alkanes of at least 4 members (excludes halogenated alkanes) is 1. The Bertz CT molecular complexity index is 54.3. The van der Waals surface area contributed by atoms with Crippen LogP contribution in [0.5, 0.6) is 0 Å². The molecule has 1 radical (unpaired) electrons. The summed E-state index contributed by atoms with van der Waals surface area (Å²) in [7, 11) is 0. The molecular formula is C6H13O3. The Hall–Kier alpha value is -0.120. The third-order valence-corrected chi connectivity index (χ3v) is 0.905. The van der Waals surface area contributed by atoms with Gasteiger partial charge in [0.25, 0.3) is 0 Å². The van der Waals surface area contributed by atoms with Crippen LogP contribution in [-0.4, -0.2) is 24.6 Å². The van der Waals surface area contributed by atoms with Crippen molar-refractivity contribution in [2.45, 2.75) is 26.1 Å². The van der Waals surface area contributed by atoms with Gasteiger partial charge in [0.05, 0.1) is 0 Å². The van der Waals surface area contributed by atoms with Crippen molar-refractivity contribution in [2.24, 2.45) is 0 Å². The van der Waals surface area contributed by atoms with Gasteiger partial charge < -0.3 is 9.84 Å². The molecule has 0 saturated heterocycles. The minimum Gasteiger partial charge on any atom is -0.396 e. The summed E-state index contributed by atoms with van der Waals surface area (Å²) in [5, 5.41) is 18.5. The molecule has 0 heterocycles. The summed E-state index contributed by atoms with van der Waals surface area (Å²) in [4.78, 5) is 0. The van der Waals surface area contributed by atoms with Gasteiger partial charge in [0.1, 0.15) is 0 Å². The average molecular weight is 133 g/mol. The van der Waals surface area contributed by atoms with Crippen molar-refractivity contribution in [1.82, 2.24) is 0 Å². The van der Waals surface area contributed by atoms with Crippen molar-refractivity contribution in [2.75, 3.05) is 13.2 Å². The van der Waals surface area contributed by atoms with E-state index in [1.807, 2.05) is 0 Å². The smallest absolute Gasteiger partial charge is 0.188 e. The summed E-state index contributed by atoms with van der Waals surface area (Å²) >= 11 is 0. The molecule has 0 rings (SSSR count). The van der Waals surface area contributed by atoms with Gasteiger partial charge in [-0.2, -0.15) is 0 Å². The van der Waals surface area contributed by atoms with Gasteiger partial charge in [-0.05, 0) is 19.8 Å². The van der Waals surface area contributed by atoms with Crippen LogP contribution in [0.3, 0.4) is 0 Å². The van der Waals surface area contributed by atoms with Gasteiger partial charge in [0.15, 0.2) is 6.29 Å². The Kier molecular flexibility index (Phi) is 5.93. The second kappa shape index (κ2) is 6.01. The fraction of sp³-hybridized carbons (Fsp3) is 1.00. The first kappa shape index (κ1) is 8.88. The molecule has 0 aromatic heterocycles. The molecule has 0 aromatic rings. The lowest BCUT2D eigenvalue weighted by atomic mass is 10.3. The Morgan fingerprint density at radius 1 is 1.56 bits per heavy atom. The minimum absolute atomic E-state index is 0.177. The first-order chi connectivity index (χ1) is 4.27. The second-order valence-electron chi connectivity index (χ2n) is 1.87. The summed E-state index contributed by atoms with van der Waals surface area (Å²) < 4.78 is 4.68. The number of aliphatic hydroxyl groups is 1. The molecule has 0 fully saturated rings. The zero-order valence-corrected chi connectivity index (χ0v) is 5.67. The number of ether oxygens (including phenoxy) is 1. The van der Waals surface area contributed by atoms with Crippen LogP contribution in [0.25, 0.3) is 0 Å². The van der Waals surface area contributed by atoms with E-state index in [0.29, 0.717) is 13.0 Å². The van der Waals surface area contributed by atoms with E-state index in [2.05, 4.69) is 4.74 Å². The van der Waals surface area contributed by atoms with Crippen LogP contribution in [0.2, 0.25) is 0 Å². The van der Waals surface area contributed by atoms with Crippen LogP contribution in [-0.2, 0) is 9.84 Å². The van der Waals surface area contributed by atoms with Crippen LogP contribution < -0.4 is 0 Å². The zero-order valence-electron chi connectivity index (χ0n) is 5.67. The standard InChI is InChI=1S/C6H13O3/c1-6(8)9-5-3-2-4-7/h6-7H,2-5H2,1H3. The molecule has 0 saturated carbocycles. The van der Waals surface area contributed by atoms with Gasteiger partial charge in [-0.15, -0.1) is 0 Å². The van der Waals surface area contributed by atoms with Crippen molar-refractivity contribution in [3.05, 3.63) is 0 Å². The molecule has 1 atom stereocenters. The Morgan fingerprint density at radius 2 is 2.22 bits per heavy atom. The van der Waals surface area contributed by atoms with Crippen molar-refractivity contribution in [3.8, 4) is 0 Å². The lowest BCUT2D eigenvalue weighted by molar-refractivity contribution is -0.127. The molecule has 0 bridgehead atoms. The van der Waals surface area contributed by atoms with E-state index in [1.54, 1.807) is 0 Å². The lowest BCUT2D eigenvalue weighted by Gasteiger charge is -2.02. The van der Waals surface area contributed by atoms with Crippen molar-refractivity contribution in [3.63, 3.8) is 0 Å². The Morgan fingerprint density at radius 3 is 2.67 bits per heavy atom. The number of hydrogen-bond donors (Lipinski definition) is 1. The molecule has 0 aromatic carbocycles. The van der Waals surface area contributed by atoms with E-state index in [4.69, 9.17) is 5.11 Å². The maximum atomic E-state index is 10.2. The van der Waals surface area contributed by atoms with Crippen molar-refractivity contribution in [1.29, 1.82) is 0 Å². The van der Waals surface area contributed by atoms with E-state index < -0.39 is 6.29 Å².